The lowest BCUT2D eigenvalue weighted by molar-refractivity contribution is 0.0936. The third kappa shape index (κ3) is 5.25. The first-order chi connectivity index (χ1) is 15.9. The molecule has 1 heterocycles. The van der Waals surface area contributed by atoms with Gasteiger partial charge in [-0.15, -0.1) is 0 Å². The zero-order valence-corrected chi connectivity index (χ0v) is 20.4. The van der Waals surface area contributed by atoms with Crippen molar-refractivity contribution in [2.24, 2.45) is 0 Å². The van der Waals surface area contributed by atoms with Crippen molar-refractivity contribution in [3.05, 3.63) is 58.7 Å². The molecule has 0 bridgehead atoms. The number of hydrogen-bond acceptors (Lipinski definition) is 4. The van der Waals surface area contributed by atoms with Crippen LogP contribution in [-0.2, 0) is 22.9 Å². The SMILES string of the molecule is COc1ccc(S(=O)(=O)N2CCCCCC2)cc1C(=O)N[C@H](C)c1ccc2c(c1)CCCC2. The van der Waals surface area contributed by atoms with E-state index in [9.17, 15) is 13.2 Å². The number of ether oxygens (including phenoxy) is 1. The van der Waals surface area contributed by atoms with E-state index in [1.165, 1.54) is 43.2 Å². The molecular formula is C26H34N2O4S. The lowest BCUT2D eigenvalue weighted by Gasteiger charge is -2.22. The molecule has 1 amide bonds. The normalized spacial score (nSPS) is 18.1. The van der Waals surface area contributed by atoms with Crippen LogP contribution in [0.2, 0.25) is 0 Å². The van der Waals surface area contributed by atoms with E-state index >= 15 is 0 Å². The van der Waals surface area contributed by atoms with Crippen molar-refractivity contribution in [2.75, 3.05) is 20.2 Å². The van der Waals surface area contributed by atoms with Gasteiger partial charge in [0.15, 0.2) is 0 Å². The fourth-order valence-corrected chi connectivity index (χ4v) is 6.38. The number of nitrogens with one attached hydrogen (secondary N) is 1. The summed E-state index contributed by atoms with van der Waals surface area (Å²) < 4.78 is 33.4. The molecule has 0 spiro atoms. The zero-order chi connectivity index (χ0) is 23.4. The largest absolute Gasteiger partial charge is 0.496 e. The van der Waals surface area contributed by atoms with Gasteiger partial charge in [-0.05, 0) is 80.3 Å². The van der Waals surface area contributed by atoms with Gasteiger partial charge in [0.25, 0.3) is 5.91 Å². The van der Waals surface area contributed by atoms with Crippen LogP contribution in [0.3, 0.4) is 0 Å². The molecule has 2 aliphatic rings. The minimum atomic E-state index is -3.66. The molecule has 0 saturated carbocycles. The second kappa shape index (κ2) is 10.3. The predicted octanol–water partition coefficient (Wildman–Crippen LogP) is 4.63. The van der Waals surface area contributed by atoms with Gasteiger partial charge < -0.3 is 10.1 Å². The van der Waals surface area contributed by atoms with Crippen LogP contribution in [0.15, 0.2) is 41.3 Å². The molecule has 1 atom stereocenters. The maximum atomic E-state index is 13.2. The van der Waals surface area contributed by atoms with Crippen molar-refractivity contribution in [3.63, 3.8) is 0 Å². The van der Waals surface area contributed by atoms with Crippen molar-refractivity contribution in [3.8, 4) is 5.75 Å². The quantitative estimate of drug-likeness (QED) is 0.668. The average Bonchev–Trinajstić information content (AvgIpc) is 3.13. The smallest absolute Gasteiger partial charge is 0.255 e. The van der Waals surface area contributed by atoms with E-state index in [2.05, 4.69) is 23.5 Å². The number of nitrogens with zero attached hydrogens (tertiary/aromatic N) is 1. The summed E-state index contributed by atoms with van der Waals surface area (Å²) >= 11 is 0. The summed E-state index contributed by atoms with van der Waals surface area (Å²) in [5.74, 6) is 0.0185. The summed E-state index contributed by atoms with van der Waals surface area (Å²) in [5.41, 5.74) is 4.05. The molecule has 33 heavy (non-hydrogen) atoms. The number of methoxy groups -OCH3 is 1. The third-order valence-corrected chi connectivity index (χ3v) is 8.73. The number of fused-ring (bicyclic) bond motifs is 1. The van der Waals surface area contributed by atoms with Gasteiger partial charge >= 0.3 is 0 Å². The van der Waals surface area contributed by atoms with Gasteiger partial charge in [-0.1, -0.05) is 31.0 Å². The Balaban J connectivity index is 1.56. The van der Waals surface area contributed by atoms with E-state index in [0.29, 0.717) is 18.8 Å². The average molecular weight is 471 g/mol. The lowest BCUT2D eigenvalue weighted by atomic mass is 9.89. The number of rotatable bonds is 6. The van der Waals surface area contributed by atoms with Crippen molar-refractivity contribution >= 4 is 15.9 Å². The summed E-state index contributed by atoms with van der Waals surface area (Å²) in [6.45, 7) is 2.99. The van der Waals surface area contributed by atoms with Crippen molar-refractivity contribution in [1.29, 1.82) is 0 Å². The summed E-state index contributed by atoms with van der Waals surface area (Å²) in [5, 5.41) is 3.03. The molecule has 0 radical (unpaired) electrons. The highest BCUT2D eigenvalue weighted by molar-refractivity contribution is 7.89. The number of aryl methyl sites for hydroxylation is 2. The fraction of sp³-hybridized carbons (Fsp3) is 0.500. The maximum Gasteiger partial charge on any atom is 0.255 e. The number of hydrogen-bond donors (Lipinski definition) is 1. The van der Waals surface area contributed by atoms with Crippen LogP contribution < -0.4 is 10.1 Å². The summed E-state index contributed by atoms with van der Waals surface area (Å²) in [4.78, 5) is 13.3. The number of benzene rings is 2. The van der Waals surface area contributed by atoms with E-state index in [4.69, 9.17) is 4.74 Å². The van der Waals surface area contributed by atoms with Crippen molar-refractivity contribution < 1.29 is 17.9 Å². The third-order valence-electron chi connectivity index (χ3n) is 6.84. The number of amides is 1. The molecule has 0 unspecified atom stereocenters. The Kier molecular flexibility index (Phi) is 7.39. The van der Waals surface area contributed by atoms with Gasteiger partial charge in [-0.3, -0.25) is 4.79 Å². The molecule has 2 aromatic rings. The van der Waals surface area contributed by atoms with Gasteiger partial charge in [-0.25, -0.2) is 8.42 Å². The van der Waals surface area contributed by atoms with Crippen LogP contribution in [0, 0.1) is 0 Å². The first-order valence-corrected chi connectivity index (χ1v) is 13.4. The Bertz CT molecular complexity index is 1110. The van der Waals surface area contributed by atoms with Crippen LogP contribution >= 0.6 is 0 Å². The Morgan fingerprint density at radius 2 is 1.64 bits per heavy atom. The molecule has 7 heteroatoms. The molecule has 178 valence electrons. The fourth-order valence-electron chi connectivity index (χ4n) is 4.84. The van der Waals surface area contributed by atoms with Crippen LogP contribution in [0.25, 0.3) is 0 Å². The zero-order valence-electron chi connectivity index (χ0n) is 19.6. The first-order valence-electron chi connectivity index (χ1n) is 12.0. The van der Waals surface area contributed by atoms with Gasteiger partial charge in [0.05, 0.1) is 23.6 Å². The van der Waals surface area contributed by atoms with Crippen molar-refractivity contribution in [2.45, 2.75) is 69.2 Å². The molecule has 1 fully saturated rings. The predicted molar refractivity (Wildman–Crippen MR) is 129 cm³/mol. The molecule has 2 aromatic carbocycles. The standard InChI is InChI=1S/C26H34N2O4S/c1-19(21-12-11-20-9-5-6-10-22(20)17-21)27-26(29)24-18-23(13-14-25(24)32-2)33(30,31)28-15-7-3-4-8-16-28/h11-14,17-19H,3-10,15-16H2,1-2H3,(H,27,29)/t19-/m1/s1. The Hall–Kier alpha value is -2.38. The molecule has 1 saturated heterocycles. The van der Waals surface area contributed by atoms with Gasteiger partial charge in [-0.2, -0.15) is 4.31 Å². The monoisotopic (exact) mass is 470 g/mol. The van der Waals surface area contributed by atoms with Crippen LogP contribution in [0.1, 0.15) is 78.5 Å². The summed E-state index contributed by atoms with van der Waals surface area (Å²) in [7, 11) is -2.17. The molecule has 6 nitrogen and oxygen atoms in total. The van der Waals surface area contributed by atoms with E-state index in [1.807, 2.05) is 6.92 Å². The van der Waals surface area contributed by atoms with Crippen LogP contribution in [0.4, 0.5) is 0 Å². The molecule has 0 aromatic heterocycles. The second-order valence-corrected chi connectivity index (χ2v) is 11.0. The van der Waals surface area contributed by atoms with Gasteiger partial charge in [0, 0.05) is 13.1 Å². The highest BCUT2D eigenvalue weighted by Crippen LogP contribution is 2.28. The van der Waals surface area contributed by atoms with E-state index in [-0.39, 0.29) is 22.4 Å². The first kappa shape index (κ1) is 23.8. The lowest BCUT2D eigenvalue weighted by Crippen LogP contribution is -2.32. The minimum Gasteiger partial charge on any atom is -0.496 e. The van der Waals surface area contributed by atoms with Gasteiger partial charge in [0.2, 0.25) is 10.0 Å². The highest BCUT2D eigenvalue weighted by atomic mass is 32.2. The molecule has 1 N–H and O–H groups in total. The number of sulfonamides is 1. The van der Waals surface area contributed by atoms with E-state index in [1.54, 1.807) is 10.4 Å². The minimum absolute atomic E-state index is 0.136. The Labute approximate surface area is 197 Å². The Morgan fingerprint density at radius 3 is 2.33 bits per heavy atom. The Morgan fingerprint density at radius 1 is 0.939 bits per heavy atom. The van der Waals surface area contributed by atoms with E-state index in [0.717, 1.165) is 44.1 Å². The van der Waals surface area contributed by atoms with Crippen molar-refractivity contribution in [1.82, 2.24) is 9.62 Å². The molecule has 4 rings (SSSR count). The topological polar surface area (TPSA) is 75.7 Å². The number of carbonyl (C=O) groups excluding carboxylic acids is 1. The molecule has 1 aliphatic heterocycles. The van der Waals surface area contributed by atoms with Gasteiger partial charge in [0.1, 0.15) is 5.75 Å². The number of carbonyl (C=O) groups is 1. The summed E-state index contributed by atoms with van der Waals surface area (Å²) in [6, 6.07) is 10.8. The van der Waals surface area contributed by atoms with Crippen LogP contribution in [-0.4, -0.2) is 38.8 Å². The summed E-state index contributed by atoms with van der Waals surface area (Å²) in [6.07, 6.45) is 8.44. The van der Waals surface area contributed by atoms with Crippen LogP contribution in [0.5, 0.6) is 5.75 Å². The molecule has 1 aliphatic carbocycles. The molecular weight excluding hydrogens is 436 g/mol. The maximum absolute atomic E-state index is 13.2. The second-order valence-electron chi connectivity index (χ2n) is 9.11. The highest BCUT2D eigenvalue weighted by Gasteiger charge is 2.27. The van der Waals surface area contributed by atoms with E-state index < -0.39 is 10.0 Å².